The van der Waals surface area contributed by atoms with Crippen molar-refractivity contribution in [2.75, 3.05) is 65.7 Å². The molecule has 0 aliphatic carbocycles. The number of ether oxygens (including phenoxy) is 3. The molecule has 0 radical (unpaired) electrons. The molecule has 148 valence electrons. The number of hydrogen-bond donors (Lipinski definition) is 0. The summed E-state index contributed by atoms with van der Waals surface area (Å²) < 4.78 is 16.6. The van der Waals surface area contributed by atoms with Gasteiger partial charge in [0.05, 0.1) is 32.0 Å². The Kier molecular flexibility index (Phi) is 11.1. The van der Waals surface area contributed by atoms with Crippen molar-refractivity contribution >= 4 is 30.8 Å². The van der Waals surface area contributed by atoms with Crippen LogP contribution in [0.2, 0.25) is 0 Å². The smallest absolute Gasteiger partial charge is 0.338 e. The average molecular weight is 407 g/mol. The van der Waals surface area contributed by atoms with Gasteiger partial charge in [0, 0.05) is 39.3 Å². The normalized spacial score (nSPS) is 18.7. The Labute approximate surface area is 167 Å². The van der Waals surface area contributed by atoms with Gasteiger partial charge in [-0.05, 0) is 12.1 Å². The third kappa shape index (κ3) is 7.39. The number of esters is 1. The highest BCUT2D eigenvalue weighted by Gasteiger charge is 2.24. The molecule has 0 amide bonds. The molecule has 0 unspecified atom stereocenters. The molecule has 0 atom stereocenters. The molecule has 2 fully saturated rings. The molecule has 3 rings (SSSR count). The number of halogens is 2. The van der Waals surface area contributed by atoms with E-state index < -0.39 is 0 Å². The van der Waals surface area contributed by atoms with Crippen molar-refractivity contribution in [3.63, 3.8) is 0 Å². The fourth-order valence-corrected chi connectivity index (χ4v) is 3.07. The van der Waals surface area contributed by atoms with Gasteiger partial charge in [0.2, 0.25) is 0 Å². The molecule has 0 spiro atoms. The van der Waals surface area contributed by atoms with E-state index in [1.54, 1.807) is 12.1 Å². The second-order valence-corrected chi connectivity index (χ2v) is 6.22. The van der Waals surface area contributed by atoms with Gasteiger partial charge in [0.25, 0.3) is 0 Å². The van der Waals surface area contributed by atoms with Gasteiger partial charge in [-0.2, -0.15) is 0 Å². The van der Waals surface area contributed by atoms with Gasteiger partial charge in [-0.1, -0.05) is 18.2 Å². The molecular weight excluding hydrogens is 379 g/mol. The second-order valence-electron chi connectivity index (χ2n) is 6.22. The predicted octanol–water partition coefficient (Wildman–Crippen LogP) is 1.72. The summed E-state index contributed by atoms with van der Waals surface area (Å²) in [5.74, 6) is -0.248. The lowest BCUT2D eigenvalue weighted by molar-refractivity contribution is -0.0262. The van der Waals surface area contributed by atoms with Crippen molar-refractivity contribution in [2.45, 2.75) is 6.10 Å². The van der Waals surface area contributed by atoms with Gasteiger partial charge < -0.3 is 14.2 Å². The number of morpholine rings is 2. The van der Waals surface area contributed by atoms with Crippen LogP contribution in [0, 0.1) is 0 Å². The minimum absolute atomic E-state index is 0. The van der Waals surface area contributed by atoms with Crippen molar-refractivity contribution in [1.82, 2.24) is 9.80 Å². The van der Waals surface area contributed by atoms with Crippen molar-refractivity contribution in [2.24, 2.45) is 0 Å². The Hall–Kier alpha value is -0.890. The van der Waals surface area contributed by atoms with Crippen molar-refractivity contribution < 1.29 is 19.0 Å². The summed E-state index contributed by atoms with van der Waals surface area (Å²) >= 11 is 0. The number of carbonyl (C=O) groups excluding carboxylic acids is 1. The zero-order valence-electron chi connectivity index (χ0n) is 14.9. The molecule has 26 heavy (non-hydrogen) atoms. The third-order valence-corrected chi connectivity index (χ3v) is 4.41. The van der Waals surface area contributed by atoms with Gasteiger partial charge >= 0.3 is 5.97 Å². The maximum Gasteiger partial charge on any atom is 0.338 e. The topological polar surface area (TPSA) is 51.2 Å². The van der Waals surface area contributed by atoms with Crippen LogP contribution in [0.5, 0.6) is 0 Å². The van der Waals surface area contributed by atoms with Gasteiger partial charge in [0.1, 0.15) is 6.10 Å². The number of carbonyl (C=O) groups is 1. The molecule has 2 heterocycles. The summed E-state index contributed by atoms with van der Waals surface area (Å²) in [6.45, 7) is 8.05. The van der Waals surface area contributed by atoms with Crippen LogP contribution in [-0.2, 0) is 14.2 Å². The molecule has 0 saturated carbocycles. The Morgan fingerprint density at radius 3 is 1.81 bits per heavy atom. The van der Waals surface area contributed by atoms with Gasteiger partial charge in [0.15, 0.2) is 0 Å². The van der Waals surface area contributed by atoms with Crippen LogP contribution < -0.4 is 0 Å². The zero-order valence-corrected chi connectivity index (χ0v) is 16.5. The zero-order chi connectivity index (χ0) is 16.6. The van der Waals surface area contributed by atoms with Crippen LogP contribution >= 0.6 is 24.8 Å². The molecule has 1 aromatic carbocycles. The fraction of sp³-hybridized carbons (Fsp3) is 0.611. The van der Waals surface area contributed by atoms with Crippen LogP contribution in [0.3, 0.4) is 0 Å². The molecule has 0 aromatic heterocycles. The van der Waals surface area contributed by atoms with E-state index in [1.807, 2.05) is 18.2 Å². The average Bonchev–Trinajstić information content (AvgIpc) is 2.64. The third-order valence-electron chi connectivity index (χ3n) is 4.41. The van der Waals surface area contributed by atoms with Crippen LogP contribution in [-0.4, -0.2) is 87.6 Å². The van der Waals surface area contributed by atoms with Crippen molar-refractivity contribution in [1.29, 1.82) is 0 Å². The van der Waals surface area contributed by atoms with E-state index in [2.05, 4.69) is 9.80 Å². The summed E-state index contributed by atoms with van der Waals surface area (Å²) in [6.07, 6.45) is -0.145. The molecule has 0 N–H and O–H groups in total. The number of rotatable bonds is 6. The summed E-state index contributed by atoms with van der Waals surface area (Å²) in [5.41, 5.74) is 0.603. The standard InChI is InChI=1S/C18H26N2O4.2ClH/c21-18(16-4-2-1-3-5-16)24-17(14-19-6-10-22-11-7-19)15-20-8-12-23-13-9-20;;/h1-5,17H,6-15H2;2*1H. The van der Waals surface area contributed by atoms with E-state index in [-0.39, 0.29) is 36.9 Å². The van der Waals surface area contributed by atoms with Crippen LogP contribution in [0.15, 0.2) is 30.3 Å². The molecule has 2 aliphatic heterocycles. The minimum Gasteiger partial charge on any atom is -0.456 e. The van der Waals surface area contributed by atoms with E-state index in [0.717, 1.165) is 65.7 Å². The molecule has 8 heteroatoms. The Bertz CT molecular complexity index is 489. The lowest BCUT2D eigenvalue weighted by atomic mass is 10.2. The first kappa shape index (κ1) is 23.1. The lowest BCUT2D eigenvalue weighted by Gasteiger charge is -2.34. The van der Waals surface area contributed by atoms with Gasteiger partial charge in [-0.3, -0.25) is 9.80 Å². The lowest BCUT2D eigenvalue weighted by Crippen LogP contribution is -2.48. The monoisotopic (exact) mass is 406 g/mol. The van der Waals surface area contributed by atoms with E-state index >= 15 is 0 Å². The second kappa shape index (κ2) is 12.5. The SMILES string of the molecule is Cl.Cl.O=C(OC(CN1CCOCC1)CN1CCOCC1)c1ccccc1. The van der Waals surface area contributed by atoms with E-state index in [4.69, 9.17) is 14.2 Å². The van der Waals surface area contributed by atoms with Gasteiger partial charge in [-0.15, -0.1) is 24.8 Å². The molecule has 2 aliphatic rings. The van der Waals surface area contributed by atoms with Crippen LogP contribution in [0.1, 0.15) is 10.4 Å². The maximum atomic E-state index is 12.4. The van der Waals surface area contributed by atoms with Crippen LogP contribution in [0.4, 0.5) is 0 Å². The number of nitrogens with zero attached hydrogens (tertiary/aromatic N) is 2. The molecule has 2 saturated heterocycles. The largest absolute Gasteiger partial charge is 0.456 e. The molecule has 6 nitrogen and oxygen atoms in total. The predicted molar refractivity (Wildman–Crippen MR) is 105 cm³/mol. The molecular formula is C18H28Cl2N2O4. The van der Waals surface area contributed by atoms with Crippen molar-refractivity contribution in [3.05, 3.63) is 35.9 Å². The first-order valence-corrected chi connectivity index (χ1v) is 8.67. The van der Waals surface area contributed by atoms with Crippen LogP contribution in [0.25, 0.3) is 0 Å². The highest BCUT2D eigenvalue weighted by atomic mass is 35.5. The quantitative estimate of drug-likeness (QED) is 0.670. The highest BCUT2D eigenvalue weighted by molar-refractivity contribution is 5.89. The first-order valence-electron chi connectivity index (χ1n) is 8.67. The maximum absolute atomic E-state index is 12.4. The Morgan fingerprint density at radius 1 is 0.885 bits per heavy atom. The summed E-state index contributed by atoms with van der Waals surface area (Å²) in [5, 5.41) is 0. The summed E-state index contributed by atoms with van der Waals surface area (Å²) in [6, 6.07) is 9.20. The van der Waals surface area contributed by atoms with Gasteiger partial charge in [-0.25, -0.2) is 4.79 Å². The Balaban J connectivity index is 0.00000169. The van der Waals surface area contributed by atoms with Crippen molar-refractivity contribution in [3.8, 4) is 0 Å². The number of hydrogen-bond acceptors (Lipinski definition) is 6. The molecule has 0 bridgehead atoms. The highest BCUT2D eigenvalue weighted by Crippen LogP contribution is 2.09. The minimum atomic E-state index is -0.248. The first-order chi connectivity index (χ1) is 11.8. The molecule has 1 aromatic rings. The van der Waals surface area contributed by atoms with E-state index in [1.165, 1.54) is 0 Å². The summed E-state index contributed by atoms with van der Waals surface area (Å²) in [4.78, 5) is 17.1. The van der Waals surface area contributed by atoms with E-state index in [9.17, 15) is 4.79 Å². The fourth-order valence-electron chi connectivity index (χ4n) is 3.07. The summed E-state index contributed by atoms with van der Waals surface area (Å²) in [7, 11) is 0. The van der Waals surface area contributed by atoms with E-state index in [0.29, 0.717) is 5.56 Å². The Morgan fingerprint density at radius 2 is 1.35 bits per heavy atom. The number of benzene rings is 1.